The average Bonchev–Trinajstić information content (AvgIpc) is 2.88. The Bertz CT molecular complexity index is 1320. The summed E-state index contributed by atoms with van der Waals surface area (Å²) in [6.45, 7) is 0.585. The van der Waals surface area contributed by atoms with Crippen molar-refractivity contribution >= 4 is 21.6 Å². The van der Waals surface area contributed by atoms with E-state index in [0.717, 1.165) is 17.2 Å². The van der Waals surface area contributed by atoms with Crippen LogP contribution in [0.1, 0.15) is 10.4 Å². The summed E-state index contributed by atoms with van der Waals surface area (Å²) in [5, 5.41) is 11.3. The minimum absolute atomic E-state index is 0.0172. The van der Waals surface area contributed by atoms with Gasteiger partial charge in [0.25, 0.3) is 5.91 Å². The first-order chi connectivity index (χ1) is 16.3. The van der Waals surface area contributed by atoms with Gasteiger partial charge in [-0.25, -0.2) is 8.42 Å². The van der Waals surface area contributed by atoms with Gasteiger partial charge < -0.3 is 9.64 Å². The van der Waals surface area contributed by atoms with E-state index in [1.807, 2.05) is 42.5 Å². The Balaban J connectivity index is 1.52. The number of nitro benzene ring substituents is 1. The number of methoxy groups -OCH3 is 1. The van der Waals surface area contributed by atoms with Crippen molar-refractivity contribution in [1.29, 1.82) is 0 Å². The van der Waals surface area contributed by atoms with E-state index in [9.17, 15) is 23.3 Å². The van der Waals surface area contributed by atoms with E-state index in [1.54, 1.807) is 17.0 Å². The maximum atomic E-state index is 13.3. The summed E-state index contributed by atoms with van der Waals surface area (Å²) in [7, 11) is -2.69. The summed E-state index contributed by atoms with van der Waals surface area (Å²) < 4.78 is 32.4. The van der Waals surface area contributed by atoms with Crippen LogP contribution < -0.4 is 4.74 Å². The van der Waals surface area contributed by atoms with Gasteiger partial charge in [-0.1, -0.05) is 48.5 Å². The molecule has 9 nitrogen and oxygen atoms in total. The molecule has 4 rings (SSSR count). The fraction of sp³-hybridized carbons (Fsp3) is 0.208. The second-order valence-electron chi connectivity index (χ2n) is 7.70. The summed E-state index contributed by atoms with van der Waals surface area (Å²) in [6.07, 6.45) is 0. The molecule has 1 fully saturated rings. The van der Waals surface area contributed by atoms with Crippen LogP contribution in [0, 0.1) is 10.1 Å². The highest BCUT2D eigenvalue weighted by Gasteiger charge is 2.32. The molecule has 1 aliphatic heterocycles. The quantitative estimate of drug-likeness (QED) is 0.394. The zero-order valence-corrected chi connectivity index (χ0v) is 19.3. The van der Waals surface area contributed by atoms with E-state index in [4.69, 9.17) is 4.74 Å². The lowest BCUT2D eigenvalue weighted by Crippen LogP contribution is -2.50. The predicted octanol–water partition coefficient (Wildman–Crippen LogP) is 3.42. The first-order valence-electron chi connectivity index (χ1n) is 10.6. The number of hydrogen-bond donors (Lipinski definition) is 0. The lowest BCUT2D eigenvalue weighted by Gasteiger charge is -2.34. The van der Waals surface area contributed by atoms with Gasteiger partial charge in [-0.2, -0.15) is 4.31 Å². The van der Waals surface area contributed by atoms with Crippen LogP contribution in [-0.4, -0.2) is 61.7 Å². The van der Waals surface area contributed by atoms with Crippen LogP contribution in [0.15, 0.2) is 77.7 Å². The van der Waals surface area contributed by atoms with E-state index in [1.165, 1.54) is 23.5 Å². The molecule has 0 saturated carbocycles. The summed E-state index contributed by atoms with van der Waals surface area (Å²) in [4.78, 5) is 25.3. The molecule has 1 saturated heterocycles. The lowest BCUT2D eigenvalue weighted by molar-refractivity contribution is -0.386. The van der Waals surface area contributed by atoms with Crippen LogP contribution >= 0.6 is 0 Å². The molecule has 3 aromatic rings. The molecule has 10 heteroatoms. The van der Waals surface area contributed by atoms with Crippen molar-refractivity contribution in [3.63, 3.8) is 0 Å². The van der Waals surface area contributed by atoms with Gasteiger partial charge in [-0.3, -0.25) is 14.9 Å². The molecule has 1 aliphatic rings. The summed E-state index contributed by atoms with van der Waals surface area (Å²) in [5.74, 6) is -0.187. The molecular weight excluding hydrogens is 458 g/mol. The standard InChI is InChI=1S/C24H23N3O6S/c1-33-23-12-11-19(17-22(23)27(29)30)34(31,32)26-15-13-25(14-16-26)24(28)21-10-6-5-9-20(21)18-7-3-2-4-8-18/h2-12,17H,13-16H2,1H3. The van der Waals surface area contributed by atoms with E-state index in [2.05, 4.69) is 0 Å². The fourth-order valence-corrected chi connectivity index (χ4v) is 5.41. The van der Waals surface area contributed by atoms with Gasteiger partial charge in [-0.05, 0) is 29.3 Å². The normalized spacial score (nSPS) is 14.6. The Morgan fingerprint density at radius 2 is 1.59 bits per heavy atom. The Morgan fingerprint density at radius 3 is 2.24 bits per heavy atom. The van der Waals surface area contributed by atoms with E-state index in [-0.39, 0.29) is 42.7 Å². The minimum atomic E-state index is -3.97. The van der Waals surface area contributed by atoms with Gasteiger partial charge >= 0.3 is 5.69 Å². The van der Waals surface area contributed by atoms with Gasteiger partial charge in [0.15, 0.2) is 5.75 Å². The summed E-state index contributed by atoms with van der Waals surface area (Å²) >= 11 is 0. The topological polar surface area (TPSA) is 110 Å². The Hall–Kier alpha value is -3.76. The monoisotopic (exact) mass is 481 g/mol. The molecule has 0 bridgehead atoms. The van der Waals surface area contributed by atoms with Gasteiger partial charge in [-0.15, -0.1) is 0 Å². The van der Waals surface area contributed by atoms with Crippen molar-refractivity contribution in [2.45, 2.75) is 4.90 Å². The number of amides is 1. The average molecular weight is 482 g/mol. The SMILES string of the molecule is COc1ccc(S(=O)(=O)N2CCN(C(=O)c3ccccc3-c3ccccc3)CC2)cc1[N+](=O)[O-]. The molecule has 0 N–H and O–H groups in total. The van der Waals surface area contributed by atoms with Crippen LogP contribution in [0.4, 0.5) is 5.69 Å². The summed E-state index contributed by atoms with van der Waals surface area (Å²) in [5.41, 5.74) is 1.87. The third-order valence-corrected chi connectivity index (χ3v) is 7.65. The smallest absolute Gasteiger partial charge is 0.312 e. The number of carbonyl (C=O) groups is 1. The molecule has 3 aromatic carbocycles. The molecule has 0 spiro atoms. The molecule has 0 atom stereocenters. The maximum Gasteiger partial charge on any atom is 0.312 e. The fourth-order valence-electron chi connectivity index (χ4n) is 3.96. The molecule has 1 amide bonds. The van der Waals surface area contributed by atoms with Crippen molar-refractivity contribution in [2.75, 3.05) is 33.3 Å². The number of carbonyl (C=O) groups excluding carboxylic acids is 1. The molecule has 0 unspecified atom stereocenters. The first-order valence-corrected chi connectivity index (χ1v) is 12.0. The number of rotatable bonds is 6. The summed E-state index contributed by atoms with van der Waals surface area (Å²) in [6, 6.07) is 20.5. The highest BCUT2D eigenvalue weighted by atomic mass is 32.2. The van der Waals surface area contributed by atoms with Crippen LogP contribution in [0.3, 0.4) is 0 Å². The maximum absolute atomic E-state index is 13.3. The van der Waals surface area contributed by atoms with Crippen molar-refractivity contribution in [3.8, 4) is 16.9 Å². The molecule has 0 radical (unpaired) electrons. The van der Waals surface area contributed by atoms with Crippen LogP contribution in [0.2, 0.25) is 0 Å². The number of ether oxygens (including phenoxy) is 1. The molecule has 0 aliphatic carbocycles. The minimum Gasteiger partial charge on any atom is -0.490 e. The zero-order valence-electron chi connectivity index (χ0n) is 18.5. The lowest BCUT2D eigenvalue weighted by atomic mass is 9.99. The van der Waals surface area contributed by atoms with Crippen LogP contribution in [-0.2, 0) is 10.0 Å². The van der Waals surface area contributed by atoms with Crippen LogP contribution in [0.5, 0.6) is 5.75 Å². The zero-order chi connectivity index (χ0) is 24.3. The van der Waals surface area contributed by atoms with Crippen molar-refractivity contribution in [3.05, 3.63) is 88.5 Å². The second kappa shape index (κ2) is 9.62. The highest BCUT2D eigenvalue weighted by molar-refractivity contribution is 7.89. The first kappa shape index (κ1) is 23.4. The number of nitrogens with zero attached hydrogens (tertiary/aromatic N) is 3. The Labute approximate surface area is 197 Å². The van der Waals surface area contributed by atoms with Crippen molar-refractivity contribution < 1.29 is 22.9 Å². The largest absolute Gasteiger partial charge is 0.490 e. The predicted molar refractivity (Wildman–Crippen MR) is 126 cm³/mol. The van der Waals surface area contributed by atoms with E-state index in [0.29, 0.717) is 5.56 Å². The second-order valence-corrected chi connectivity index (χ2v) is 9.64. The molecule has 1 heterocycles. The third kappa shape index (κ3) is 4.50. The van der Waals surface area contributed by atoms with Gasteiger partial charge in [0.1, 0.15) is 0 Å². The third-order valence-electron chi connectivity index (χ3n) is 5.75. The number of piperazine rings is 1. The molecule has 176 valence electrons. The van der Waals surface area contributed by atoms with Gasteiger partial charge in [0.2, 0.25) is 10.0 Å². The van der Waals surface area contributed by atoms with E-state index >= 15 is 0 Å². The number of benzene rings is 3. The molecular formula is C24H23N3O6S. The molecule has 0 aromatic heterocycles. The number of nitro groups is 1. The number of sulfonamides is 1. The Kier molecular flexibility index (Phi) is 6.62. The van der Waals surface area contributed by atoms with Crippen molar-refractivity contribution in [2.24, 2.45) is 0 Å². The van der Waals surface area contributed by atoms with Crippen LogP contribution in [0.25, 0.3) is 11.1 Å². The number of hydrogen-bond acceptors (Lipinski definition) is 6. The van der Waals surface area contributed by atoms with Gasteiger partial charge in [0, 0.05) is 37.8 Å². The van der Waals surface area contributed by atoms with Gasteiger partial charge in [0.05, 0.1) is 16.9 Å². The van der Waals surface area contributed by atoms with Crippen molar-refractivity contribution in [1.82, 2.24) is 9.21 Å². The highest BCUT2D eigenvalue weighted by Crippen LogP contribution is 2.31. The van der Waals surface area contributed by atoms with E-state index < -0.39 is 20.6 Å². The Morgan fingerprint density at radius 1 is 0.941 bits per heavy atom. The molecule has 34 heavy (non-hydrogen) atoms.